The fourth-order valence-corrected chi connectivity index (χ4v) is 4.03. The van der Waals surface area contributed by atoms with E-state index < -0.39 is 12.1 Å². The molecule has 0 aliphatic heterocycles. The minimum absolute atomic E-state index is 0.0180. The summed E-state index contributed by atoms with van der Waals surface area (Å²) < 4.78 is 5.46. The maximum absolute atomic E-state index is 12.2. The molecule has 0 unspecified atom stereocenters. The standard InChI is InChI=1S/C28H24N2O5/c31-26(30-20-8-5-7-19(17-20)14-15-27(32)33)13-6-16-29-28(34)35-18-25-23-11-3-1-9-21(23)22-10-2-4-12-24(22)25/h1-15,17,25H,16,18H2,(H,29,34)(H,30,31)(H,32,33)/b13-6+,15-14+. The second-order valence-electron chi connectivity index (χ2n) is 7.90. The lowest BCUT2D eigenvalue weighted by Gasteiger charge is -2.14. The highest BCUT2D eigenvalue weighted by Gasteiger charge is 2.28. The van der Waals surface area contributed by atoms with Crippen molar-refractivity contribution in [2.75, 3.05) is 18.5 Å². The van der Waals surface area contributed by atoms with Crippen LogP contribution < -0.4 is 10.6 Å². The molecule has 7 heteroatoms. The lowest BCUT2D eigenvalue weighted by atomic mass is 9.98. The number of amides is 2. The van der Waals surface area contributed by atoms with Crippen LogP contribution in [0.3, 0.4) is 0 Å². The van der Waals surface area contributed by atoms with E-state index in [0.717, 1.165) is 28.3 Å². The summed E-state index contributed by atoms with van der Waals surface area (Å²) in [5.41, 5.74) is 5.77. The second kappa shape index (κ2) is 11.0. The topological polar surface area (TPSA) is 105 Å². The summed E-state index contributed by atoms with van der Waals surface area (Å²) in [7, 11) is 0. The molecule has 0 saturated heterocycles. The molecule has 3 aromatic carbocycles. The van der Waals surface area contributed by atoms with E-state index in [-0.39, 0.29) is 25.0 Å². The van der Waals surface area contributed by atoms with Crippen LogP contribution in [0.5, 0.6) is 0 Å². The van der Waals surface area contributed by atoms with E-state index in [1.165, 1.54) is 18.2 Å². The van der Waals surface area contributed by atoms with E-state index in [9.17, 15) is 14.4 Å². The number of aliphatic carboxylic acids is 1. The van der Waals surface area contributed by atoms with Gasteiger partial charge in [0.2, 0.25) is 5.91 Å². The molecule has 7 nitrogen and oxygen atoms in total. The van der Waals surface area contributed by atoms with Crippen molar-refractivity contribution < 1.29 is 24.2 Å². The molecule has 0 heterocycles. The summed E-state index contributed by atoms with van der Waals surface area (Å²) in [6, 6.07) is 23.0. The molecule has 176 valence electrons. The fourth-order valence-electron chi connectivity index (χ4n) is 4.03. The number of nitrogens with one attached hydrogen (secondary N) is 2. The molecule has 1 aliphatic carbocycles. The highest BCUT2D eigenvalue weighted by molar-refractivity contribution is 5.99. The van der Waals surface area contributed by atoms with Crippen LogP contribution in [0.2, 0.25) is 0 Å². The van der Waals surface area contributed by atoms with Crippen molar-refractivity contribution in [3.05, 3.63) is 108 Å². The molecule has 3 N–H and O–H groups in total. The Balaban J connectivity index is 1.24. The Labute approximate surface area is 202 Å². The smallest absolute Gasteiger partial charge is 0.407 e. The second-order valence-corrected chi connectivity index (χ2v) is 7.90. The lowest BCUT2D eigenvalue weighted by Crippen LogP contribution is -2.26. The van der Waals surface area contributed by atoms with Gasteiger partial charge >= 0.3 is 12.1 Å². The molecule has 0 bridgehead atoms. The highest BCUT2D eigenvalue weighted by atomic mass is 16.5. The van der Waals surface area contributed by atoms with E-state index in [2.05, 4.69) is 34.9 Å². The summed E-state index contributed by atoms with van der Waals surface area (Å²) in [4.78, 5) is 34.9. The molecule has 3 aromatic rings. The number of rotatable bonds is 8. The van der Waals surface area contributed by atoms with Gasteiger partial charge in [0, 0.05) is 30.3 Å². The SMILES string of the molecule is O=C(O)/C=C/c1cccc(NC(=O)/C=C/CNC(=O)OCC2c3ccccc3-c3ccccc32)c1. The average molecular weight is 469 g/mol. The van der Waals surface area contributed by atoms with Crippen LogP contribution >= 0.6 is 0 Å². The third-order valence-electron chi connectivity index (χ3n) is 5.55. The first kappa shape index (κ1) is 23.5. The van der Waals surface area contributed by atoms with E-state index in [4.69, 9.17) is 9.84 Å². The third kappa shape index (κ3) is 6.03. The third-order valence-corrected chi connectivity index (χ3v) is 5.55. The van der Waals surface area contributed by atoms with Crippen molar-refractivity contribution in [1.82, 2.24) is 5.32 Å². The quantitative estimate of drug-likeness (QED) is 0.411. The van der Waals surface area contributed by atoms with Crippen molar-refractivity contribution in [2.24, 2.45) is 0 Å². The number of ether oxygens (including phenoxy) is 1. The first-order valence-electron chi connectivity index (χ1n) is 11.1. The van der Waals surface area contributed by atoms with Gasteiger partial charge in [-0.3, -0.25) is 4.79 Å². The predicted octanol–water partition coefficient (Wildman–Crippen LogP) is 4.82. The predicted molar refractivity (Wildman–Crippen MR) is 134 cm³/mol. The fraction of sp³-hybridized carbons (Fsp3) is 0.107. The van der Waals surface area contributed by atoms with Crippen LogP contribution in [0, 0.1) is 0 Å². The summed E-state index contributed by atoms with van der Waals surface area (Å²) in [5, 5.41) is 14.0. The Morgan fingerprint density at radius 3 is 2.26 bits per heavy atom. The van der Waals surface area contributed by atoms with Crippen LogP contribution in [0.1, 0.15) is 22.6 Å². The number of carbonyl (C=O) groups excluding carboxylic acids is 2. The zero-order chi connectivity index (χ0) is 24.6. The van der Waals surface area contributed by atoms with Gasteiger partial charge in [0.15, 0.2) is 0 Å². The Kier molecular flexibility index (Phi) is 7.37. The van der Waals surface area contributed by atoms with E-state index >= 15 is 0 Å². The Bertz CT molecular complexity index is 1270. The van der Waals surface area contributed by atoms with E-state index in [1.54, 1.807) is 24.3 Å². The molecule has 2 amide bonds. The molecular weight excluding hydrogens is 444 g/mol. The molecule has 0 spiro atoms. The average Bonchev–Trinajstić information content (AvgIpc) is 3.18. The van der Waals surface area contributed by atoms with Gasteiger partial charge in [-0.1, -0.05) is 66.7 Å². The summed E-state index contributed by atoms with van der Waals surface area (Å²) in [6.07, 6.45) is 4.73. The molecule has 0 saturated carbocycles. The number of carbonyl (C=O) groups is 3. The summed E-state index contributed by atoms with van der Waals surface area (Å²) in [5.74, 6) is -1.44. The highest BCUT2D eigenvalue weighted by Crippen LogP contribution is 2.44. The Morgan fingerprint density at radius 1 is 0.886 bits per heavy atom. The van der Waals surface area contributed by atoms with Gasteiger partial charge < -0.3 is 20.5 Å². The van der Waals surface area contributed by atoms with Crippen molar-refractivity contribution in [3.8, 4) is 11.1 Å². The maximum Gasteiger partial charge on any atom is 0.407 e. The molecule has 0 radical (unpaired) electrons. The van der Waals surface area contributed by atoms with Crippen LogP contribution in [0.25, 0.3) is 17.2 Å². The van der Waals surface area contributed by atoms with E-state index in [0.29, 0.717) is 11.3 Å². The van der Waals surface area contributed by atoms with Gasteiger partial charge in [0.05, 0.1) is 0 Å². The van der Waals surface area contributed by atoms with Crippen LogP contribution in [0.15, 0.2) is 91.0 Å². The molecule has 4 rings (SSSR count). The summed E-state index contributed by atoms with van der Waals surface area (Å²) in [6.45, 7) is 0.349. The van der Waals surface area contributed by atoms with Gasteiger partial charge in [-0.15, -0.1) is 0 Å². The number of alkyl carbamates (subject to hydrolysis) is 1. The van der Waals surface area contributed by atoms with Crippen molar-refractivity contribution >= 4 is 29.7 Å². The molecule has 35 heavy (non-hydrogen) atoms. The van der Waals surface area contributed by atoms with Gasteiger partial charge in [0.25, 0.3) is 0 Å². The number of hydrogen-bond donors (Lipinski definition) is 3. The number of benzene rings is 3. The molecular formula is C28H24N2O5. The molecule has 0 fully saturated rings. The normalized spacial score (nSPS) is 12.3. The first-order valence-corrected chi connectivity index (χ1v) is 11.1. The number of anilines is 1. The minimum Gasteiger partial charge on any atom is -0.478 e. The Hall–Kier alpha value is -4.65. The molecule has 0 atom stereocenters. The number of carboxylic acid groups (broad SMARTS) is 1. The Morgan fingerprint density at radius 2 is 1.57 bits per heavy atom. The zero-order valence-electron chi connectivity index (χ0n) is 18.8. The maximum atomic E-state index is 12.2. The molecule has 1 aliphatic rings. The number of hydrogen-bond acceptors (Lipinski definition) is 4. The molecule has 0 aromatic heterocycles. The first-order chi connectivity index (χ1) is 17.0. The van der Waals surface area contributed by atoms with Crippen LogP contribution in [-0.4, -0.2) is 36.2 Å². The van der Waals surface area contributed by atoms with Crippen molar-refractivity contribution in [1.29, 1.82) is 0 Å². The van der Waals surface area contributed by atoms with E-state index in [1.807, 2.05) is 24.3 Å². The van der Waals surface area contributed by atoms with Crippen LogP contribution in [-0.2, 0) is 14.3 Å². The minimum atomic E-state index is -1.05. The lowest BCUT2D eigenvalue weighted by molar-refractivity contribution is -0.131. The summed E-state index contributed by atoms with van der Waals surface area (Å²) >= 11 is 0. The monoisotopic (exact) mass is 468 g/mol. The largest absolute Gasteiger partial charge is 0.478 e. The van der Waals surface area contributed by atoms with Crippen LogP contribution in [0.4, 0.5) is 10.5 Å². The number of fused-ring (bicyclic) bond motifs is 3. The van der Waals surface area contributed by atoms with Gasteiger partial charge in [0.1, 0.15) is 6.61 Å². The van der Waals surface area contributed by atoms with Gasteiger partial charge in [-0.25, -0.2) is 9.59 Å². The van der Waals surface area contributed by atoms with Gasteiger partial charge in [-0.05, 0) is 46.0 Å². The number of carboxylic acids is 1. The zero-order valence-corrected chi connectivity index (χ0v) is 18.8. The van der Waals surface area contributed by atoms with Crippen molar-refractivity contribution in [2.45, 2.75) is 5.92 Å². The van der Waals surface area contributed by atoms with Crippen molar-refractivity contribution in [3.63, 3.8) is 0 Å². The van der Waals surface area contributed by atoms with Gasteiger partial charge in [-0.2, -0.15) is 0 Å².